The number of rotatable bonds is 9. The van der Waals surface area contributed by atoms with Crippen molar-refractivity contribution in [3.8, 4) is 0 Å². The van der Waals surface area contributed by atoms with E-state index in [-0.39, 0.29) is 5.56 Å². The van der Waals surface area contributed by atoms with Gasteiger partial charge in [-0.15, -0.1) is 11.3 Å². The largest absolute Gasteiger partial charge is 0.510 e. The first kappa shape index (κ1) is 27.4. The number of ether oxygens (including phenoxy) is 2. The van der Waals surface area contributed by atoms with Crippen LogP contribution in [0.3, 0.4) is 0 Å². The third-order valence-electron chi connectivity index (χ3n) is 4.57. The molecule has 0 saturated carbocycles. The molecule has 0 aliphatic rings. The molecule has 0 bridgehead atoms. The Morgan fingerprint density at radius 1 is 1.26 bits per heavy atom. The van der Waals surface area contributed by atoms with Crippen molar-refractivity contribution in [1.29, 1.82) is 0 Å². The molecule has 1 amide bonds. The van der Waals surface area contributed by atoms with E-state index in [4.69, 9.17) is 25.6 Å². The van der Waals surface area contributed by atoms with Gasteiger partial charge in [0, 0.05) is 20.4 Å². The van der Waals surface area contributed by atoms with Gasteiger partial charge in [-0.2, -0.15) is 0 Å². The number of fused-ring (bicyclic) bond motifs is 1. The standard InChI is InChI=1S/C23H22BrClNO7PS/c1-14(2)33-23(28)31-13-32-34(29,30)21(18-12-35-20-8-7-16(25)11-17(18)20)22(27)26-10-9-15-5-3-4-6-19(15)24/h3-12,14,21H,13H2,1-2H3,(H,26,27)(H,29,30)/b10-9+. The zero-order valence-electron chi connectivity index (χ0n) is 18.6. The van der Waals surface area contributed by atoms with Crippen molar-refractivity contribution in [2.45, 2.75) is 25.6 Å². The SMILES string of the molecule is CC(C)OC(=O)OCOP(=O)(O)C(C(=O)N/C=C/c1ccccc1Br)c1csc2ccc(Cl)cc12. The summed E-state index contributed by atoms with van der Waals surface area (Å²) in [5, 5.41) is 5.08. The maximum Gasteiger partial charge on any atom is 0.510 e. The van der Waals surface area contributed by atoms with Gasteiger partial charge < -0.3 is 19.7 Å². The fourth-order valence-electron chi connectivity index (χ4n) is 3.05. The van der Waals surface area contributed by atoms with Crippen LogP contribution < -0.4 is 5.32 Å². The molecule has 1 heterocycles. The van der Waals surface area contributed by atoms with Gasteiger partial charge in [-0.05, 0) is 66.1 Å². The Morgan fingerprint density at radius 2 is 2.00 bits per heavy atom. The van der Waals surface area contributed by atoms with Crippen LogP contribution in [0.2, 0.25) is 5.02 Å². The van der Waals surface area contributed by atoms with E-state index in [1.807, 2.05) is 24.3 Å². The number of benzene rings is 2. The van der Waals surface area contributed by atoms with Crippen molar-refractivity contribution >= 4 is 74.7 Å². The van der Waals surface area contributed by atoms with Gasteiger partial charge in [0.25, 0.3) is 0 Å². The Kier molecular flexibility index (Phi) is 9.52. The number of amides is 1. The first-order valence-electron chi connectivity index (χ1n) is 10.3. The Morgan fingerprint density at radius 3 is 2.71 bits per heavy atom. The van der Waals surface area contributed by atoms with Crippen molar-refractivity contribution in [3.05, 3.63) is 74.7 Å². The molecule has 3 aromatic rings. The van der Waals surface area contributed by atoms with E-state index in [1.54, 1.807) is 43.5 Å². The van der Waals surface area contributed by atoms with Crippen LogP contribution in [0.4, 0.5) is 4.79 Å². The minimum atomic E-state index is -4.70. The molecule has 0 aliphatic carbocycles. The topological polar surface area (TPSA) is 111 Å². The van der Waals surface area contributed by atoms with Crippen LogP contribution in [-0.2, 0) is 23.4 Å². The van der Waals surface area contributed by atoms with Gasteiger partial charge in [0.2, 0.25) is 12.7 Å². The Labute approximate surface area is 219 Å². The van der Waals surface area contributed by atoms with Gasteiger partial charge in [0.05, 0.1) is 6.10 Å². The number of thiophene rings is 1. The van der Waals surface area contributed by atoms with E-state index in [9.17, 15) is 19.0 Å². The van der Waals surface area contributed by atoms with Crippen LogP contribution >= 0.6 is 46.5 Å². The lowest BCUT2D eigenvalue weighted by Gasteiger charge is -2.21. The maximum absolute atomic E-state index is 13.3. The molecule has 0 radical (unpaired) electrons. The Bertz CT molecular complexity index is 1300. The van der Waals surface area contributed by atoms with E-state index < -0.39 is 38.2 Å². The highest BCUT2D eigenvalue weighted by Gasteiger charge is 2.41. The predicted molar refractivity (Wildman–Crippen MR) is 139 cm³/mol. The molecule has 0 fully saturated rings. The molecular weight excluding hydrogens is 581 g/mol. The number of hydrogen-bond acceptors (Lipinski definition) is 7. The van der Waals surface area contributed by atoms with Crippen LogP contribution in [0.25, 0.3) is 16.2 Å². The number of carbonyl (C=O) groups is 2. The van der Waals surface area contributed by atoms with Crippen LogP contribution in [0.15, 0.2) is 58.5 Å². The highest BCUT2D eigenvalue weighted by atomic mass is 79.9. The minimum absolute atomic E-state index is 0.259. The van der Waals surface area contributed by atoms with Crippen molar-refractivity contribution in [3.63, 3.8) is 0 Å². The molecule has 2 unspecified atom stereocenters. The van der Waals surface area contributed by atoms with Gasteiger partial charge in [0.15, 0.2) is 5.66 Å². The first-order chi connectivity index (χ1) is 16.6. The summed E-state index contributed by atoms with van der Waals surface area (Å²) in [5.74, 6) is -0.788. The van der Waals surface area contributed by atoms with Crippen LogP contribution in [0, 0.1) is 0 Å². The smallest absolute Gasteiger partial charge is 0.432 e. The van der Waals surface area contributed by atoms with Crippen molar-refractivity contribution in [1.82, 2.24) is 5.32 Å². The molecule has 0 saturated heterocycles. The second-order valence-corrected chi connectivity index (χ2v) is 11.6. The van der Waals surface area contributed by atoms with Crippen LogP contribution in [0.1, 0.15) is 30.6 Å². The molecule has 0 aliphatic heterocycles. The lowest BCUT2D eigenvalue weighted by molar-refractivity contribution is -0.120. The molecule has 12 heteroatoms. The molecule has 3 rings (SSSR count). The van der Waals surface area contributed by atoms with E-state index in [1.165, 1.54) is 17.5 Å². The van der Waals surface area contributed by atoms with E-state index in [2.05, 4.69) is 21.2 Å². The fourth-order valence-corrected chi connectivity index (χ4v) is 6.00. The summed E-state index contributed by atoms with van der Waals surface area (Å²) in [6.07, 6.45) is 1.49. The van der Waals surface area contributed by atoms with Gasteiger partial charge in [0.1, 0.15) is 0 Å². The summed E-state index contributed by atoms with van der Waals surface area (Å²) >= 11 is 10.8. The van der Waals surface area contributed by atoms with Crippen LogP contribution in [-0.4, -0.2) is 29.9 Å². The van der Waals surface area contributed by atoms with Gasteiger partial charge in [-0.1, -0.05) is 45.7 Å². The Hall–Kier alpha value is -2.20. The molecule has 2 atom stereocenters. The quantitative estimate of drug-likeness (QED) is 0.156. The van der Waals surface area contributed by atoms with Crippen molar-refractivity contribution in [2.24, 2.45) is 0 Å². The third-order valence-corrected chi connectivity index (χ3v) is 8.15. The minimum Gasteiger partial charge on any atom is -0.432 e. The van der Waals surface area contributed by atoms with Gasteiger partial charge in [-0.3, -0.25) is 13.9 Å². The average Bonchev–Trinajstić information content (AvgIpc) is 3.17. The average molecular weight is 603 g/mol. The summed E-state index contributed by atoms with van der Waals surface area (Å²) in [4.78, 5) is 35.6. The lowest BCUT2D eigenvalue weighted by Crippen LogP contribution is -2.26. The normalized spacial score (nSPS) is 14.1. The summed E-state index contributed by atoms with van der Waals surface area (Å²) in [6, 6.07) is 12.4. The fraction of sp³-hybridized carbons (Fsp3) is 0.217. The van der Waals surface area contributed by atoms with Gasteiger partial charge in [-0.25, -0.2) is 4.79 Å². The molecule has 8 nitrogen and oxygen atoms in total. The summed E-state index contributed by atoms with van der Waals surface area (Å²) in [7, 11) is -4.70. The predicted octanol–water partition coefficient (Wildman–Crippen LogP) is 6.87. The molecule has 0 spiro atoms. The number of halogens is 2. The van der Waals surface area contributed by atoms with E-state index >= 15 is 0 Å². The van der Waals surface area contributed by atoms with E-state index in [0.29, 0.717) is 10.4 Å². The lowest BCUT2D eigenvalue weighted by atomic mass is 10.1. The highest BCUT2D eigenvalue weighted by Crippen LogP contribution is 2.58. The monoisotopic (exact) mass is 601 g/mol. The molecule has 2 N–H and O–H groups in total. The molecule has 186 valence electrons. The number of carbonyl (C=O) groups excluding carboxylic acids is 2. The molecular formula is C23H22BrClNO7PS. The highest BCUT2D eigenvalue weighted by molar-refractivity contribution is 9.10. The second kappa shape index (κ2) is 12.2. The molecule has 2 aromatic carbocycles. The zero-order chi connectivity index (χ0) is 25.6. The van der Waals surface area contributed by atoms with Crippen LogP contribution in [0.5, 0.6) is 0 Å². The molecule has 35 heavy (non-hydrogen) atoms. The van der Waals surface area contributed by atoms with Crippen molar-refractivity contribution in [2.75, 3.05) is 6.79 Å². The number of hydrogen-bond donors (Lipinski definition) is 2. The third kappa shape index (κ3) is 7.39. The number of nitrogens with one attached hydrogen (secondary N) is 1. The summed E-state index contributed by atoms with van der Waals surface area (Å²) < 4.78 is 29.4. The second-order valence-electron chi connectivity index (χ2n) is 7.47. The molecule has 1 aromatic heterocycles. The van der Waals surface area contributed by atoms with E-state index in [0.717, 1.165) is 14.7 Å². The zero-order valence-corrected chi connectivity index (χ0v) is 22.7. The van der Waals surface area contributed by atoms with Crippen molar-refractivity contribution < 1.29 is 33.0 Å². The summed E-state index contributed by atoms with van der Waals surface area (Å²) in [6.45, 7) is 2.36. The first-order valence-corrected chi connectivity index (χ1v) is 14.0. The van der Waals surface area contributed by atoms with Gasteiger partial charge >= 0.3 is 13.8 Å². The maximum atomic E-state index is 13.3. The summed E-state index contributed by atoms with van der Waals surface area (Å²) in [5.41, 5.74) is -0.573. The Balaban J connectivity index is 1.87.